The third-order valence-electron chi connectivity index (χ3n) is 2.51. The number of benzene rings is 1. The molecule has 18 heavy (non-hydrogen) atoms. The third kappa shape index (κ3) is 4.57. The van der Waals surface area contributed by atoms with Crippen LogP contribution in [0.2, 0.25) is 5.02 Å². The summed E-state index contributed by atoms with van der Waals surface area (Å²) in [5.74, 6) is 0. The van der Waals surface area contributed by atoms with Gasteiger partial charge in [-0.25, -0.2) is 13.1 Å². The fourth-order valence-corrected chi connectivity index (χ4v) is 3.10. The number of hydrogen-bond acceptors (Lipinski definition) is 3. The van der Waals surface area contributed by atoms with E-state index in [9.17, 15) is 8.42 Å². The number of nitrogens with one attached hydrogen (secondary N) is 1. The molecular formula is C12H18ClNO3S. The lowest BCUT2D eigenvalue weighted by Crippen LogP contribution is -2.25. The summed E-state index contributed by atoms with van der Waals surface area (Å²) in [5.41, 5.74) is 0.684. The fraction of sp³-hybridized carbons (Fsp3) is 0.500. The molecule has 102 valence electrons. The van der Waals surface area contributed by atoms with Gasteiger partial charge < -0.3 is 4.74 Å². The third-order valence-corrected chi connectivity index (χ3v) is 4.35. The van der Waals surface area contributed by atoms with Gasteiger partial charge in [-0.2, -0.15) is 0 Å². The maximum atomic E-state index is 12.0. The Morgan fingerprint density at radius 3 is 2.72 bits per heavy atom. The van der Waals surface area contributed by atoms with Crippen molar-refractivity contribution in [3.05, 3.63) is 28.8 Å². The topological polar surface area (TPSA) is 55.4 Å². The van der Waals surface area contributed by atoms with E-state index >= 15 is 0 Å². The molecule has 0 heterocycles. The van der Waals surface area contributed by atoms with E-state index in [-0.39, 0.29) is 4.90 Å². The van der Waals surface area contributed by atoms with Crippen LogP contribution >= 0.6 is 11.6 Å². The molecule has 6 heteroatoms. The molecule has 0 spiro atoms. The van der Waals surface area contributed by atoms with Crippen LogP contribution in [0, 0.1) is 6.92 Å². The molecule has 0 aliphatic rings. The van der Waals surface area contributed by atoms with Crippen LogP contribution in [0.1, 0.15) is 18.4 Å². The molecule has 0 saturated heterocycles. The first-order chi connectivity index (χ1) is 8.47. The van der Waals surface area contributed by atoms with Gasteiger partial charge in [0.05, 0.1) is 4.90 Å². The predicted octanol–water partition coefficient (Wildman–Crippen LogP) is 2.35. The largest absolute Gasteiger partial charge is 0.385 e. The lowest BCUT2D eigenvalue weighted by molar-refractivity contribution is 0.193. The molecule has 0 saturated carbocycles. The van der Waals surface area contributed by atoms with Gasteiger partial charge in [0.1, 0.15) is 0 Å². The molecule has 0 aliphatic carbocycles. The summed E-state index contributed by atoms with van der Waals surface area (Å²) >= 11 is 5.82. The van der Waals surface area contributed by atoms with E-state index in [1.54, 1.807) is 26.2 Å². The number of halogens is 1. The molecule has 0 fully saturated rings. The van der Waals surface area contributed by atoms with Crippen molar-refractivity contribution in [1.29, 1.82) is 0 Å². The van der Waals surface area contributed by atoms with Gasteiger partial charge in [-0.15, -0.1) is 0 Å². The monoisotopic (exact) mass is 291 g/mol. The Hall–Kier alpha value is -0.620. The van der Waals surface area contributed by atoms with Crippen molar-refractivity contribution < 1.29 is 13.2 Å². The van der Waals surface area contributed by atoms with E-state index in [0.29, 0.717) is 23.7 Å². The number of unbranched alkanes of at least 4 members (excludes halogenated alkanes) is 1. The minimum absolute atomic E-state index is 0.238. The van der Waals surface area contributed by atoms with Gasteiger partial charge >= 0.3 is 0 Å². The Bertz CT molecular complexity index is 488. The number of ether oxygens (including phenoxy) is 1. The Balaban J connectivity index is 2.66. The quantitative estimate of drug-likeness (QED) is 0.785. The average Bonchev–Trinajstić information content (AvgIpc) is 2.32. The molecule has 1 aromatic rings. The van der Waals surface area contributed by atoms with Crippen LogP contribution in [0.15, 0.2) is 23.1 Å². The van der Waals surface area contributed by atoms with Crippen LogP contribution < -0.4 is 4.72 Å². The second kappa shape index (κ2) is 7.09. The summed E-state index contributed by atoms with van der Waals surface area (Å²) in [6.07, 6.45) is 1.57. The van der Waals surface area contributed by atoms with Crippen molar-refractivity contribution in [2.75, 3.05) is 20.3 Å². The van der Waals surface area contributed by atoms with Crippen molar-refractivity contribution in [2.24, 2.45) is 0 Å². The summed E-state index contributed by atoms with van der Waals surface area (Å²) in [6, 6.07) is 4.84. The summed E-state index contributed by atoms with van der Waals surface area (Å²) in [7, 11) is -1.85. The number of hydrogen-bond donors (Lipinski definition) is 1. The minimum atomic E-state index is -3.48. The number of aryl methyl sites for hydroxylation is 1. The SMILES string of the molecule is COCCCCNS(=O)(=O)c1cc(Cl)ccc1C. The van der Waals surface area contributed by atoms with Crippen LogP contribution in [0.4, 0.5) is 0 Å². The summed E-state index contributed by atoms with van der Waals surface area (Å²) in [6.45, 7) is 2.78. The van der Waals surface area contributed by atoms with Gasteiger partial charge in [0.25, 0.3) is 0 Å². The zero-order valence-electron chi connectivity index (χ0n) is 10.6. The van der Waals surface area contributed by atoms with E-state index in [1.165, 1.54) is 6.07 Å². The van der Waals surface area contributed by atoms with Crippen molar-refractivity contribution in [3.63, 3.8) is 0 Å². The van der Waals surface area contributed by atoms with Crippen molar-refractivity contribution in [2.45, 2.75) is 24.7 Å². The molecule has 0 atom stereocenters. The molecule has 0 aliphatic heterocycles. The maximum absolute atomic E-state index is 12.0. The highest BCUT2D eigenvalue weighted by atomic mass is 35.5. The van der Waals surface area contributed by atoms with Crippen LogP contribution in [0.3, 0.4) is 0 Å². The zero-order valence-corrected chi connectivity index (χ0v) is 12.1. The molecule has 4 nitrogen and oxygen atoms in total. The Morgan fingerprint density at radius 1 is 1.33 bits per heavy atom. The first kappa shape index (κ1) is 15.4. The lowest BCUT2D eigenvalue weighted by Gasteiger charge is -2.09. The van der Waals surface area contributed by atoms with Gasteiger partial charge in [-0.3, -0.25) is 0 Å². The highest BCUT2D eigenvalue weighted by Gasteiger charge is 2.16. The van der Waals surface area contributed by atoms with Gasteiger partial charge in [-0.1, -0.05) is 17.7 Å². The summed E-state index contributed by atoms with van der Waals surface area (Å²) in [5, 5.41) is 0.417. The molecule has 0 bridgehead atoms. The van der Waals surface area contributed by atoms with E-state index in [0.717, 1.165) is 12.8 Å². The van der Waals surface area contributed by atoms with Crippen LogP contribution in [0.5, 0.6) is 0 Å². The van der Waals surface area contributed by atoms with Crippen LogP contribution in [-0.4, -0.2) is 28.7 Å². The first-order valence-electron chi connectivity index (χ1n) is 5.72. The molecule has 0 unspecified atom stereocenters. The second-order valence-electron chi connectivity index (χ2n) is 4.01. The highest BCUT2D eigenvalue weighted by molar-refractivity contribution is 7.89. The maximum Gasteiger partial charge on any atom is 0.240 e. The summed E-state index contributed by atoms with van der Waals surface area (Å²) in [4.78, 5) is 0.238. The first-order valence-corrected chi connectivity index (χ1v) is 7.58. The molecule has 1 aromatic carbocycles. The van der Waals surface area contributed by atoms with Gasteiger partial charge in [-0.05, 0) is 37.5 Å². The van der Waals surface area contributed by atoms with Crippen molar-refractivity contribution in [3.8, 4) is 0 Å². The van der Waals surface area contributed by atoms with Crippen molar-refractivity contribution >= 4 is 21.6 Å². The zero-order chi connectivity index (χ0) is 13.6. The van der Waals surface area contributed by atoms with Gasteiger partial charge in [0.15, 0.2) is 0 Å². The second-order valence-corrected chi connectivity index (χ2v) is 6.18. The summed E-state index contributed by atoms with van der Waals surface area (Å²) < 4.78 is 31.5. The van der Waals surface area contributed by atoms with Crippen LogP contribution in [0.25, 0.3) is 0 Å². The average molecular weight is 292 g/mol. The van der Waals surface area contributed by atoms with E-state index in [1.807, 2.05) is 0 Å². The van der Waals surface area contributed by atoms with E-state index in [4.69, 9.17) is 16.3 Å². The Labute approximate surface area is 113 Å². The Kier molecular flexibility index (Phi) is 6.08. The van der Waals surface area contributed by atoms with Crippen LogP contribution in [-0.2, 0) is 14.8 Å². The predicted molar refractivity (Wildman–Crippen MR) is 72.5 cm³/mol. The van der Waals surface area contributed by atoms with E-state index < -0.39 is 10.0 Å². The number of sulfonamides is 1. The molecule has 0 aromatic heterocycles. The van der Waals surface area contributed by atoms with E-state index in [2.05, 4.69) is 4.72 Å². The lowest BCUT2D eigenvalue weighted by atomic mass is 10.2. The number of methoxy groups -OCH3 is 1. The molecule has 1 rings (SSSR count). The molecular weight excluding hydrogens is 274 g/mol. The number of rotatable bonds is 7. The Morgan fingerprint density at radius 2 is 2.06 bits per heavy atom. The standard InChI is InChI=1S/C12H18ClNO3S/c1-10-5-6-11(13)9-12(10)18(15,16)14-7-3-4-8-17-2/h5-6,9,14H,3-4,7-8H2,1-2H3. The van der Waals surface area contributed by atoms with Crippen molar-refractivity contribution in [1.82, 2.24) is 4.72 Å². The molecule has 0 amide bonds. The van der Waals surface area contributed by atoms with Gasteiger partial charge in [0.2, 0.25) is 10.0 Å². The fourth-order valence-electron chi connectivity index (χ4n) is 1.52. The van der Waals surface area contributed by atoms with Gasteiger partial charge in [0, 0.05) is 25.3 Å². The molecule has 0 radical (unpaired) electrons. The highest BCUT2D eigenvalue weighted by Crippen LogP contribution is 2.19. The minimum Gasteiger partial charge on any atom is -0.385 e. The molecule has 1 N–H and O–H groups in total. The smallest absolute Gasteiger partial charge is 0.240 e. The normalized spacial score (nSPS) is 11.7.